The highest BCUT2D eigenvalue weighted by Crippen LogP contribution is 1.97. The van der Waals surface area contributed by atoms with E-state index in [1.807, 2.05) is 0 Å². The van der Waals surface area contributed by atoms with E-state index in [2.05, 4.69) is 13.8 Å². The van der Waals surface area contributed by atoms with Crippen LogP contribution < -0.4 is 0 Å². The van der Waals surface area contributed by atoms with Crippen LogP contribution in [0.1, 0.15) is 20.3 Å². The standard InChI is InChI=1S/C4H9.Mg.H/c1-3-4-2;;/h3H,4H2,1-2H3;;. The molecule has 0 saturated carbocycles. The highest BCUT2D eigenvalue weighted by Gasteiger charge is 1.81. The highest BCUT2D eigenvalue weighted by molar-refractivity contribution is 6.11. The van der Waals surface area contributed by atoms with Gasteiger partial charge in [0.15, 0.2) is 0 Å². The molecule has 0 radical (unpaired) electrons. The van der Waals surface area contributed by atoms with Crippen LogP contribution in [0.3, 0.4) is 0 Å². The smallest absolute Gasteiger partial charge is 0.144 e. The summed E-state index contributed by atoms with van der Waals surface area (Å²) in [5.41, 5.74) is 0. The van der Waals surface area contributed by atoms with Gasteiger partial charge in [-0.15, -0.1) is 4.05 Å². The normalized spacial score (nSPS) is 14.6. The molecule has 0 N–H and O–H groups in total. The maximum Gasteiger partial charge on any atom is 0.344 e. The van der Waals surface area contributed by atoms with Gasteiger partial charge < -0.3 is 0 Å². The summed E-state index contributed by atoms with van der Waals surface area (Å²) in [5.74, 6) is 0. The number of hydrogen-bond acceptors (Lipinski definition) is 0. The minimum atomic E-state index is 1.02. The third kappa shape index (κ3) is 4.77. The predicted octanol–water partition coefficient (Wildman–Crippen LogP) is 1.11. The Morgan fingerprint density at radius 2 is 2.00 bits per heavy atom. The van der Waals surface area contributed by atoms with E-state index in [-0.39, 0.29) is 0 Å². The van der Waals surface area contributed by atoms with Crippen LogP contribution in [0, 0.1) is 0 Å². The lowest BCUT2D eigenvalue weighted by atomic mass is 10.4. The Hall–Kier alpha value is 0.766. The number of rotatable bonds is 1. The summed E-state index contributed by atoms with van der Waals surface area (Å²) in [7, 11) is 0. The van der Waals surface area contributed by atoms with E-state index >= 15 is 0 Å². The molecule has 0 aromatic rings. The third-order valence-corrected chi connectivity index (χ3v) is 1.63. The van der Waals surface area contributed by atoms with Gasteiger partial charge in [-0.25, -0.2) is 0 Å². The van der Waals surface area contributed by atoms with Crippen molar-refractivity contribution in [1.29, 1.82) is 0 Å². The van der Waals surface area contributed by atoms with E-state index in [4.69, 9.17) is 0 Å². The fourth-order valence-corrected chi connectivity index (χ4v) is 0. The zero-order valence-corrected chi connectivity index (χ0v) is 6.28. The summed E-state index contributed by atoms with van der Waals surface area (Å²) in [4.78, 5) is 0. The van der Waals surface area contributed by atoms with Crippen LogP contribution in [0.5, 0.6) is 0 Å². The molecule has 1 unspecified atom stereocenters. The number of hydrogen-bond donors (Lipinski definition) is 0. The monoisotopic (exact) mass is 82.1 g/mol. The van der Waals surface area contributed by atoms with Crippen molar-refractivity contribution in [2.45, 2.75) is 24.3 Å². The van der Waals surface area contributed by atoms with Crippen LogP contribution in [-0.4, -0.2) is 21.7 Å². The first kappa shape index (κ1) is 5.77. The molecule has 1 heteroatoms. The Bertz CT molecular complexity index is 17.6. The second-order valence-electron chi connectivity index (χ2n) is 1.80. The van der Waals surface area contributed by atoms with Crippen LogP contribution in [0.25, 0.3) is 0 Å². The van der Waals surface area contributed by atoms with Crippen LogP contribution in [0.15, 0.2) is 0 Å². The van der Waals surface area contributed by atoms with E-state index in [1.165, 1.54) is 28.1 Å². The van der Waals surface area contributed by atoms with Gasteiger partial charge in [-0.2, -0.15) is 0 Å². The molecule has 5 heavy (non-hydrogen) atoms. The van der Waals surface area contributed by atoms with Crippen molar-refractivity contribution in [3.63, 3.8) is 0 Å². The minimum Gasteiger partial charge on any atom is -0.144 e. The molecule has 0 rings (SSSR count). The van der Waals surface area contributed by atoms with Crippen molar-refractivity contribution in [1.82, 2.24) is 0 Å². The van der Waals surface area contributed by atoms with Crippen molar-refractivity contribution in [3.05, 3.63) is 0 Å². The Kier molecular flexibility index (Phi) is 3.43. The molecule has 28 valence electrons. The molecule has 0 aliphatic heterocycles. The van der Waals surface area contributed by atoms with Gasteiger partial charge in [0.1, 0.15) is 0 Å². The summed E-state index contributed by atoms with van der Waals surface area (Å²) in [6.45, 7) is 4.52. The molecule has 0 nitrogen and oxygen atoms in total. The summed E-state index contributed by atoms with van der Waals surface area (Å²) >= 11 is 1.37. The molecule has 0 saturated heterocycles. The van der Waals surface area contributed by atoms with Gasteiger partial charge in [0.05, 0.1) is 0 Å². The second kappa shape index (κ2) is 2.98. The Balaban J connectivity index is 2.54. The fraction of sp³-hybridized carbons (Fsp3) is 1.00. The first-order valence-electron chi connectivity index (χ1n) is 2.27. The average Bonchev–Trinajstić information content (AvgIpc) is 1.38. The van der Waals surface area contributed by atoms with Gasteiger partial charge in [-0.3, -0.25) is 0 Å². The Morgan fingerprint density at radius 1 is 1.80 bits per heavy atom. The van der Waals surface area contributed by atoms with Crippen LogP contribution in [0.4, 0.5) is 0 Å². The van der Waals surface area contributed by atoms with E-state index in [1.54, 1.807) is 0 Å². The van der Waals surface area contributed by atoms with Gasteiger partial charge in [0.25, 0.3) is 0 Å². The molecule has 0 heterocycles. The first-order valence-corrected chi connectivity index (χ1v) is 3.42. The molecule has 0 aromatic carbocycles. The van der Waals surface area contributed by atoms with E-state index in [0.29, 0.717) is 0 Å². The molecule has 0 aliphatic carbocycles. The topological polar surface area (TPSA) is 0 Å². The lowest BCUT2D eigenvalue weighted by molar-refractivity contribution is 0.880. The summed E-state index contributed by atoms with van der Waals surface area (Å²) in [5, 5.41) is 0. The van der Waals surface area contributed by atoms with Crippen molar-refractivity contribution in [2.24, 2.45) is 0 Å². The molecule has 0 aliphatic rings. The van der Waals surface area contributed by atoms with Crippen molar-refractivity contribution in [3.8, 4) is 0 Å². The molecule has 0 bridgehead atoms. The van der Waals surface area contributed by atoms with Crippen LogP contribution >= 0.6 is 0 Å². The molecular formula is C4H10Mg. The maximum absolute atomic E-state index is 2.28. The molecule has 0 fully saturated rings. The Morgan fingerprint density at radius 3 is 2.00 bits per heavy atom. The SMILES string of the molecule is CC[CH](C)[MgH]. The predicted molar refractivity (Wildman–Crippen MR) is 26.9 cm³/mol. The first-order chi connectivity index (χ1) is 2.27. The second-order valence-corrected chi connectivity index (χ2v) is 3.77. The lowest BCUT2D eigenvalue weighted by Crippen LogP contribution is -1.76. The van der Waals surface area contributed by atoms with E-state index < -0.39 is 0 Å². The van der Waals surface area contributed by atoms with Gasteiger partial charge in [0, 0.05) is 0 Å². The van der Waals surface area contributed by atoms with Crippen molar-refractivity contribution < 1.29 is 0 Å². The summed E-state index contributed by atoms with van der Waals surface area (Å²) in [6, 6.07) is 0. The van der Waals surface area contributed by atoms with Gasteiger partial charge in [0.2, 0.25) is 0 Å². The highest BCUT2D eigenvalue weighted by atomic mass is 24.4. The van der Waals surface area contributed by atoms with Gasteiger partial charge in [-0.1, -0.05) is 20.3 Å². The summed E-state index contributed by atoms with van der Waals surface area (Å²) in [6.07, 6.45) is 1.37. The van der Waals surface area contributed by atoms with Crippen LogP contribution in [0.2, 0.25) is 4.05 Å². The van der Waals surface area contributed by atoms with Crippen LogP contribution in [-0.2, 0) is 0 Å². The van der Waals surface area contributed by atoms with E-state index in [0.717, 1.165) is 4.05 Å². The average molecular weight is 82.4 g/mol. The molecule has 0 aromatic heterocycles. The molecule has 0 amide bonds. The Labute approximate surface area is 46.4 Å². The largest absolute Gasteiger partial charge is 0.344 e. The van der Waals surface area contributed by atoms with Gasteiger partial charge in [-0.05, 0) is 0 Å². The third-order valence-electron chi connectivity index (χ3n) is 0.816. The molecule has 0 spiro atoms. The fourth-order valence-electron chi connectivity index (χ4n) is 0. The van der Waals surface area contributed by atoms with Crippen molar-refractivity contribution >= 4 is 21.7 Å². The molecule has 1 atom stereocenters. The zero-order chi connectivity index (χ0) is 4.28. The molecular weight excluding hydrogens is 72.3 g/mol. The lowest BCUT2D eigenvalue weighted by Gasteiger charge is -1.91. The van der Waals surface area contributed by atoms with E-state index in [9.17, 15) is 0 Å². The maximum atomic E-state index is 2.28. The minimum absolute atomic E-state index is 1.02. The summed E-state index contributed by atoms with van der Waals surface area (Å²) < 4.78 is 1.02. The van der Waals surface area contributed by atoms with Crippen molar-refractivity contribution in [2.75, 3.05) is 0 Å². The van der Waals surface area contributed by atoms with Gasteiger partial charge >= 0.3 is 21.7 Å². The zero-order valence-electron chi connectivity index (χ0n) is 4.28. The quantitative estimate of drug-likeness (QED) is 0.416.